The van der Waals surface area contributed by atoms with Crippen LogP contribution in [0.25, 0.3) is 22.8 Å². The lowest BCUT2D eigenvalue weighted by atomic mass is 10.1. The predicted molar refractivity (Wildman–Crippen MR) is 98.3 cm³/mol. The summed E-state index contributed by atoms with van der Waals surface area (Å²) in [6.07, 6.45) is 0.629. The van der Waals surface area contributed by atoms with Crippen LogP contribution in [0, 0.1) is 0 Å². The van der Waals surface area contributed by atoms with Crippen LogP contribution in [0.4, 0.5) is 0 Å². The molecule has 0 aliphatic carbocycles. The Bertz CT molecular complexity index is 843. The number of aromatic nitrogens is 2. The zero-order chi connectivity index (χ0) is 18.4. The van der Waals surface area contributed by atoms with E-state index in [1.54, 1.807) is 0 Å². The highest BCUT2D eigenvalue weighted by atomic mass is 16.5. The van der Waals surface area contributed by atoms with Crippen LogP contribution in [0.2, 0.25) is 0 Å². The van der Waals surface area contributed by atoms with Crippen LogP contribution < -0.4 is 9.47 Å². The molecule has 0 atom stereocenters. The fourth-order valence-electron chi connectivity index (χ4n) is 2.59. The van der Waals surface area contributed by atoms with Crippen molar-refractivity contribution < 1.29 is 19.1 Å². The van der Waals surface area contributed by atoms with Crippen LogP contribution in [0.15, 0.2) is 47.0 Å². The number of aliphatic hydroxyl groups is 1. The molecule has 0 aliphatic heterocycles. The van der Waals surface area contributed by atoms with Gasteiger partial charge >= 0.3 is 0 Å². The highest BCUT2D eigenvalue weighted by Gasteiger charge is 2.14. The molecule has 0 saturated heterocycles. The van der Waals surface area contributed by atoms with E-state index in [0.29, 0.717) is 42.8 Å². The normalized spacial score (nSPS) is 10.7. The van der Waals surface area contributed by atoms with Gasteiger partial charge in [-0.15, -0.1) is 0 Å². The van der Waals surface area contributed by atoms with Gasteiger partial charge in [-0.3, -0.25) is 0 Å². The summed E-state index contributed by atoms with van der Waals surface area (Å²) >= 11 is 0. The molecule has 26 heavy (non-hydrogen) atoms. The first-order chi connectivity index (χ1) is 12.7. The molecule has 0 spiro atoms. The first kappa shape index (κ1) is 17.9. The van der Waals surface area contributed by atoms with Gasteiger partial charge in [0, 0.05) is 17.7 Å². The van der Waals surface area contributed by atoms with Crippen molar-refractivity contribution in [1.29, 1.82) is 0 Å². The maximum Gasteiger partial charge on any atom is 0.258 e. The summed E-state index contributed by atoms with van der Waals surface area (Å²) in [5.74, 6) is 2.28. The van der Waals surface area contributed by atoms with Crippen LogP contribution >= 0.6 is 0 Å². The van der Waals surface area contributed by atoms with Crippen molar-refractivity contribution in [2.75, 3.05) is 19.8 Å². The number of hydrogen-bond donors (Lipinski definition) is 1. The molecule has 136 valence electrons. The zero-order valence-electron chi connectivity index (χ0n) is 14.9. The van der Waals surface area contributed by atoms with E-state index in [9.17, 15) is 0 Å². The fraction of sp³-hybridized carbons (Fsp3) is 0.300. The number of rotatable bonds is 8. The maximum absolute atomic E-state index is 8.99. The molecule has 0 amide bonds. The Kier molecular flexibility index (Phi) is 5.86. The third-order valence-corrected chi connectivity index (χ3v) is 3.83. The Morgan fingerprint density at radius 2 is 1.62 bits per heavy atom. The van der Waals surface area contributed by atoms with E-state index in [4.69, 9.17) is 19.1 Å². The molecule has 1 N–H and O–H groups in total. The average molecular weight is 354 g/mol. The standard InChI is InChI=1S/C20H22N2O4/c1-3-24-17-10-9-16(13-18(17)25-4-2)20-21-19(22-26-20)15-7-5-14(6-8-15)11-12-23/h5-10,13,23H,3-4,11-12H2,1-2H3. The third-order valence-electron chi connectivity index (χ3n) is 3.83. The Morgan fingerprint density at radius 1 is 0.923 bits per heavy atom. The molecule has 3 aromatic rings. The van der Waals surface area contributed by atoms with Crippen molar-refractivity contribution in [1.82, 2.24) is 10.1 Å². The highest BCUT2D eigenvalue weighted by molar-refractivity contribution is 5.63. The molecule has 0 fully saturated rings. The predicted octanol–water partition coefficient (Wildman–Crippen LogP) is 3.74. The first-order valence-corrected chi connectivity index (χ1v) is 8.69. The second kappa shape index (κ2) is 8.49. The number of benzene rings is 2. The van der Waals surface area contributed by atoms with Crippen LogP contribution in [-0.2, 0) is 6.42 Å². The molecule has 6 nitrogen and oxygen atoms in total. The van der Waals surface area contributed by atoms with E-state index >= 15 is 0 Å². The smallest absolute Gasteiger partial charge is 0.258 e. The quantitative estimate of drug-likeness (QED) is 0.664. The van der Waals surface area contributed by atoms with Crippen LogP contribution in [-0.4, -0.2) is 35.1 Å². The Morgan fingerprint density at radius 3 is 2.31 bits per heavy atom. The Labute approximate surface area is 152 Å². The van der Waals surface area contributed by atoms with Crippen molar-refractivity contribution >= 4 is 0 Å². The van der Waals surface area contributed by atoms with Gasteiger partial charge in [-0.25, -0.2) is 0 Å². The minimum absolute atomic E-state index is 0.131. The summed E-state index contributed by atoms with van der Waals surface area (Å²) in [6.45, 7) is 5.09. The van der Waals surface area contributed by atoms with Crippen molar-refractivity contribution in [2.24, 2.45) is 0 Å². The lowest BCUT2D eigenvalue weighted by Gasteiger charge is -2.11. The van der Waals surface area contributed by atoms with E-state index in [0.717, 1.165) is 16.7 Å². The zero-order valence-corrected chi connectivity index (χ0v) is 14.9. The monoisotopic (exact) mass is 354 g/mol. The second-order valence-electron chi connectivity index (χ2n) is 5.62. The van der Waals surface area contributed by atoms with Gasteiger partial charge in [0.15, 0.2) is 11.5 Å². The lowest BCUT2D eigenvalue weighted by molar-refractivity contribution is 0.288. The number of aliphatic hydroxyl groups excluding tert-OH is 1. The molecule has 1 aromatic heterocycles. The summed E-state index contributed by atoms with van der Waals surface area (Å²) < 4.78 is 16.6. The van der Waals surface area contributed by atoms with Gasteiger partial charge in [-0.05, 0) is 44.0 Å². The fourth-order valence-corrected chi connectivity index (χ4v) is 2.59. The molecular formula is C20H22N2O4. The number of hydrogen-bond acceptors (Lipinski definition) is 6. The highest BCUT2D eigenvalue weighted by Crippen LogP contribution is 2.33. The summed E-state index contributed by atoms with van der Waals surface area (Å²) in [5.41, 5.74) is 2.69. The molecule has 0 bridgehead atoms. The minimum Gasteiger partial charge on any atom is -0.490 e. The topological polar surface area (TPSA) is 77.6 Å². The summed E-state index contributed by atoms with van der Waals surface area (Å²) in [4.78, 5) is 4.48. The van der Waals surface area contributed by atoms with Gasteiger partial charge in [0.25, 0.3) is 5.89 Å². The maximum atomic E-state index is 8.99. The second-order valence-corrected chi connectivity index (χ2v) is 5.62. The number of ether oxygens (including phenoxy) is 2. The Balaban J connectivity index is 1.85. The van der Waals surface area contributed by atoms with Gasteiger partial charge in [0.1, 0.15) is 0 Å². The van der Waals surface area contributed by atoms with Crippen LogP contribution in [0.5, 0.6) is 11.5 Å². The van der Waals surface area contributed by atoms with Gasteiger partial charge in [0.2, 0.25) is 5.82 Å². The molecule has 3 rings (SSSR count). The van der Waals surface area contributed by atoms with Crippen molar-refractivity contribution in [3.05, 3.63) is 48.0 Å². The summed E-state index contributed by atoms with van der Waals surface area (Å²) in [5, 5.41) is 13.1. The average Bonchev–Trinajstić information content (AvgIpc) is 3.15. The summed E-state index contributed by atoms with van der Waals surface area (Å²) in [6, 6.07) is 13.3. The van der Waals surface area contributed by atoms with E-state index in [2.05, 4.69) is 10.1 Å². The molecule has 0 radical (unpaired) electrons. The summed E-state index contributed by atoms with van der Waals surface area (Å²) in [7, 11) is 0. The lowest BCUT2D eigenvalue weighted by Crippen LogP contribution is -1.98. The van der Waals surface area contributed by atoms with Gasteiger partial charge in [0.05, 0.1) is 13.2 Å². The minimum atomic E-state index is 0.131. The molecule has 2 aromatic carbocycles. The Hall–Kier alpha value is -2.86. The van der Waals surface area contributed by atoms with Crippen molar-refractivity contribution in [2.45, 2.75) is 20.3 Å². The molecular weight excluding hydrogens is 332 g/mol. The molecule has 1 heterocycles. The van der Waals surface area contributed by atoms with Crippen molar-refractivity contribution in [3.8, 4) is 34.3 Å². The van der Waals surface area contributed by atoms with E-state index in [-0.39, 0.29) is 6.61 Å². The van der Waals surface area contributed by atoms with E-state index in [1.807, 2.05) is 56.3 Å². The largest absolute Gasteiger partial charge is 0.490 e. The van der Waals surface area contributed by atoms with E-state index in [1.165, 1.54) is 0 Å². The third kappa shape index (κ3) is 4.03. The molecule has 0 unspecified atom stereocenters. The van der Waals surface area contributed by atoms with Gasteiger partial charge in [-0.1, -0.05) is 29.4 Å². The van der Waals surface area contributed by atoms with Crippen LogP contribution in [0.1, 0.15) is 19.4 Å². The molecule has 6 heteroatoms. The SMILES string of the molecule is CCOc1ccc(-c2nc(-c3ccc(CCO)cc3)no2)cc1OCC. The van der Waals surface area contributed by atoms with Crippen molar-refractivity contribution in [3.63, 3.8) is 0 Å². The first-order valence-electron chi connectivity index (χ1n) is 8.69. The van der Waals surface area contributed by atoms with Gasteiger partial charge < -0.3 is 19.1 Å². The van der Waals surface area contributed by atoms with Gasteiger partial charge in [-0.2, -0.15) is 4.98 Å². The van der Waals surface area contributed by atoms with E-state index < -0.39 is 0 Å². The molecule has 0 aliphatic rings. The number of nitrogens with zero attached hydrogens (tertiary/aromatic N) is 2. The molecule has 0 saturated carbocycles. The van der Waals surface area contributed by atoms with Crippen LogP contribution in [0.3, 0.4) is 0 Å².